The van der Waals surface area contributed by atoms with E-state index < -0.39 is 11.6 Å². The lowest BCUT2D eigenvalue weighted by Gasteiger charge is -2.27. The number of carbonyl (C=O) groups excluding carboxylic acids is 3. The fourth-order valence-electron chi connectivity index (χ4n) is 3.39. The van der Waals surface area contributed by atoms with Crippen molar-refractivity contribution in [3.05, 3.63) is 35.4 Å². The Kier molecular flexibility index (Phi) is 3.83. The first kappa shape index (κ1) is 15.5. The van der Waals surface area contributed by atoms with E-state index >= 15 is 0 Å². The van der Waals surface area contributed by atoms with Gasteiger partial charge in [0.25, 0.3) is 5.91 Å². The summed E-state index contributed by atoms with van der Waals surface area (Å²) in [6.45, 7) is -0.221. The Morgan fingerprint density at radius 2 is 2.00 bits per heavy atom. The molecular weight excluding hydrogens is 294 g/mol. The van der Waals surface area contributed by atoms with E-state index in [9.17, 15) is 14.4 Å². The van der Waals surface area contributed by atoms with Crippen molar-refractivity contribution >= 4 is 17.8 Å². The summed E-state index contributed by atoms with van der Waals surface area (Å²) in [6, 6.07) is 7.28. The number of carbonyl (C=O) groups is 3. The first-order valence-electron chi connectivity index (χ1n) is 7.88. The van der Waals surface area contributed by atoms with Crippen molar-refractivity contribution in [3.63, 3.8) is 0 Å². The number of imide groups is 1. The predicted molar refractivity (Wildman–Crippen MR) is 84.6 cm³/mol. The van der Waals surface area contributed by atoms with Crippen LogP contribution in [0.25, 0.3) is 0 Å². The number of hydrogen-bond donors (Lipinski definition) is 1. The molecule has 1 fully saturated rings. The normalized spacial score (nSPS) is 23.5. The van der Waals surface area contributed by atoms with Crippen molar-refractivity contribution < 1.29 is 14.4 Å². The zero-order valence-electron chi connectivity index (χ0n) is 13.5. The number of hydrogen-bond acceptors (Lipinski definition) is 3. The summed E-state index contributed by atoms with van der Waals surface area (Å²) in [5, 5.41) is 2.88. The minimum atomic E-state index is -1.02. The number of nitrogens with one attached hydrogen (secondary N) is 1. The SMILES string of the molecule is CN(C)C(=O)CN1C(=O)NC2(CCCCc3ccccc32)C1=O. The van der Waals surface area contributed by atoms with Gasteiger partial charge in [-0.2, -0.15) is 0 Å². The molecule has 6 heteroatoms. The zero-order chi connectivity index (χ0) is 16.6. The van der Waals surface area contributed by atoms with E-state index in [0.717, 1.165) is 35.3 Å². The molecule has 1 spiro atoms. The van der Waals surface area contributed by atoms with Crippen LogP contribution in [0.4, 0.5) is 4.79 Å². The van der Waals surface area contributed by atoms with E-state index in [4.69, 9.17) is 0 Å². The summed E-state index contributed by atoms with van der Waals surface area (Å²) in [5.74, 6) is -0.584. The topological polar surface area (TPSA) is 69.7 Å². The molecule has 2 aliphatic rings. The summed E-state index contributed by atoms with van der Waals surface area (Å²) < 4.78 is 0. The Morgan fingerprint density at radius 3 is 2.74 bits per heavy atom. The van der Waals surface area contributed by atoms with Gasteiger partial charge in [0, 0.05) is 14.1 Å². The highest BCUT2D eigenvalue weighted by molar-refractivity contribution is 6.09. The molecule has 122 valence electrons. The number of nitrogens with zero attached hydrogens (tertiary/aromatic N) is 2. The van der Waals surface area contributed by atoms with Crippen LogP contribution in [0.5, 0.6) is 0 Å². The van der Waals surface area contributed by atoms with Crippen LogP contribution < -0.4 is 5.32 Å². The maximum Gasteiger partial charge on any atom is 0.325 e. The van der Waals surface area contributed by atoms with Crippen molar-refractivity contribution in [2.24, 2.45) is 0 Å². The molecule has 1 atom stereocenters. The number of urea groups is 1. The van der Waals surface area contributed by atoms with E-state index in [1.54, 1.807) is 14.1 Å². The van der Waals surface area contributed by atoms with E-state index in [-0.39, 0.29) is 18.4 Å². The molecule has 1 saturated heterocycles. The second kappa shape index (κ2) is 5.68. The lowest BCUT2D eigenvalue weighted by atomic mass is 9.84. The largest absolute Gasteiger partial charge is 0.347 e. The smallest absolute Gasteiger partial charge is 0.325 e. The van der Waals surface area contributed by atoms with Gasteiger partial charge in [-0.1, -0.05) is 24.3 Å². The number of aryl methyl sites for hydroxylation is 1. The number of amides is 4. The number of benzene rings is 1. The van der Waals surface area contributed by atoms with Gasteiger partial charge in [0.15, 0.2) is 0 Å². The lowest BCUT2D eigenvalue weighted by Crippen LogP contribution is -2.45. The standard InChI is InChI=1S/C17H21N3O3/c1-19(2)14(21)11-20-15(22)17(18-16(20)23)10-6-5-8-12-7-3-4-9-13(12)17/h3-4,7,9H,5-6,8,10-11H2,1-2H3,(H,18,23). The number of rotatable bonds is 2. The molecule has 1 heterocycles. The minimum absolute atomic E-state index is 0.221. The van der Waals surface area contributed by atoms with E-state index in [1.807, 2.05) is 24.3 Å². The molecule has 6 nitrogen and oxygen atoms in total. The van der Waals surface area contributed by atoms with Crippen LogP contribution in [0.2, 0.25) is 0 Å². The molecule has 23 heavy (non-hydrogen) atoms. The van der Waals surface area contributed by atoms with Crippen LogP contribution in [-0.4, -0.2) is 48.3 Å². The first-order valence-corrected chi connectivity index (χ1v) is 7.88. The van der Waals surface area contributed by atoms with Gasteiger partial charge in [0.2, 0.25) is 5.91 Å². The maximum atomic E-state index is 13.0. The third kappa shape index (κ3) is 2.48. The molecule has 0 bridgehead atoms. The van der Waals surface area contributed by atoms with Crippen LogP contribution in [0.3, 0.4) is 0 Å². The molecule has 0 saturated carbocycles. The van der Waals surface area contributed by atoms with Crippen molar-refractivity contribution in [3.8, 4) is 0 Å². The summed E-state index contributed by atoms with van der Waals surface area (Å²) in [5.41, 5.74) is 0.951. The molecule has 1 aromatic rings. The molecule has 1 aromatic carbocycles. The number of fused-ring (bicyclic) bond motifs is 2. The summed E-state index contributed by atoms with van der Waals surface area (Å²) in [6.07, 6.45) is 3.31. The average molecular weight is 315 g/mol. The van der Waals surface area contributed by atoms with E-state index in [0.29, 0.717) is 6.42 Å². The minimum Gasteiger partial charge on any atom is -0.347 e. The molecule has 1 unspecified atom stereocenters. The van der Waals surface area contributed by atoms with Crippen LogP contribution in [0, 0.1) is 0 Å². The van der Waals surface area contributed by atoms with Crippen molar-refractivity contribution in [1.82, 2.24) is 15.1 Å². The average Bonchev–Trinajstić information content (AvgIpc) is 2.68. The van der Waals surface area contributed by atoms with Crippen molar-refractivity contribution in [2.45, 2.75) is 31.2 Å². The fraction of sp³-hybridized carbons (Fsp3) is 0.471. The van der Waals surface area contributed by atoms with Crippen LogP contribution in [0.1, 0.15) is 30.4 Å². The van der Waals surface area contributed by atoms with E-state index in [2.05, 4.69) is 5.32 Å². The highest BCUT2D eigenvalue weighted by Crippen LogP contribution is 2.38. The summed E-state index contributed by atoms with van der Waals surface area (Å²) in [7, 11) is 3.22. The first-order chi connectivity index (χ1) is 11.0. The quantitative estimate of drug-likeness (QED) is 0.835. The Hall–Kier alpha value is -2.37. The molecule has 0 radical (unpaired) electrons. The Labute approximate surface area is 135 Å². The molecule has 4 amide bonds. The lowest BCUT2D eigenvalue weighted by molar-refractivity contribution is -0.138. The molecule has 3 rings (SSSR count). The van der Waals surface area contributed by atoms with E-state index in [1.165, 1.54) is 4.90 Å². The molecule has 1 N–H and O–H groups in total. The fourth-order valence-corrected chi connectivity index (χ4v) is 3.39. The second-order valence-corrected chi connectivity index (χ2v) is 6.38. The molecule has 1 aliphatic heterocycles. The Morgan fingerprint density at radius 1 is 1.26 bits per heavy atom. The number of likely N-dealkylation sites (N-methyl/N-ethyl adjacent to an activating group) is 1. The van der Waals surface area contributed by atoms with Gasteiger partial charge in [-0.05, 0) is 36.8 Å². The Bertz CT molecular complexity index is 671. The second-order valence-electron chi connectivity index (χ2n) is 6.38. The molecule has 0 aromatic heterocycles. The highest BCUT2D eigenvalue weighted by Gasteiger charge is 2.53. The van der Waals surface area contributed by atoms with Gasteiger partial charge in [-0.3, -0.25) is 14.5 Å². The molecule has 1 aliphatic carbocycles. The Balaban J connectivity index is 1.99. The summed E-state index contributed by atoms with van der Waals surface area (Å²) in [4.78, 5) is 39.8. The van der Waals surface area contributed by atoms with Gasteiger partial charge < -0.3 is 10.2 Å². The van der Waals surface area contributed by atoms with Gasteiger partial charge in [-0.15, -0.1) is 0 Å². The van der Waals surface area contributed by atoms with Crippen LogP contribution in [-0.2, 0) is 21.5 Å². The van der Waals surface area contributed by atoms with Crippen molar-refractivity contribution in [1.29, 1.82) is 0 Å². The van der Waals surface area contributed by atoms with Gasteiger partial charge >= 0.3 is 6.03 Å². The third-order valence-corrected chi connectivity index (χ3v) is 4.69. The van der Waals surface area contributed by atoms with Crippen LogP contribution in [0.15, 0.2) is 24.3 Å². The zero-order valence-corrected chi connectivity index (χ0v) is 13.5. The molecular formula is C17H21N3O3. The van der Waals surface area contributed by atoms with Crippen molar-refractivity contribution in [2.75, 3.05) is 20.6 Å². The van der Waals surface area contributed by atoms with Crippen LogP contribution >= 0.6 is 0 Å². The third-order valence-electron chi connectivity index (χ3n) is 4.69. The summed E-state index contributed by atoms with van der Waals surface area (Å²) >= 11 is 0. The highest BCUT2D eigenvalue weighted by atomic mass is 16.2. The maximum absolute atomic E-state index is 13.0. The monoisotopic (exact) mass is 315 g/mol. The van der Waals surface area contributed by atoms with Gasteiger partial charge in [0.1, 0.15) is 12.1 Å². The van der Waals surface area contributed by atoms with Gasteiger partial charge in [-0.25, -0.2) is 4.79 Å². The van der Waals surface area contributed by atoms with Gasteiger partial charge in [0.05, 0.1) is 0 Å². The predicted octanol–water partition coefficient (Wildman–Crippen LogP) is 1.25.